The molecule has 0 atom stereocenters. The Bertz CT molecular complexity index is 590. The lowest BCUT2D eigenvalue weighted by atomic mass is 10.4. The standard InChI is InChI=1S/C13H19N5O3/c1-9(2)18-6-4-10(16-18)13(19)14-8-12-15-11(17-21-12)5-7-20-3/h4,6,9H,5,7-8H2,1-3H3,(H,14,19). The summed E-state index contributed by atoms with van der Waals surface area (Å²) in [5, 5.41) is 10.7. The average molecular weight is 293 g/mol. The molecule has 0 spiro atoms. The molecule has 0 saturated carbocycles. The summed E-state index contributed by atoms with van der Waals surface area (Å²) < 4.78 is 11.7. The number of nitrogens with one attached hydrogen (secondary N) is 1. The Morgan fingerprint density at radius 2 is 2.33 bits per heavy atom. The number of hydrogen-bond acceptors (Lipinski definition) is 6. The zero-order valence-corrected chi connectivity index (χ0v) is 12.4. The van der Waals surface area contributed by atoms with Crippen molar-refractivity contribution in [3.8, 4) is 0 Å². The molecule has 2 aromatic rings. The maximum Gasteiger partial charge on any atom is 0.272 e. The predicted molar refractivity (Wildman–Crippen MR) is 73.7 cm³/mol. The summed E-state index contributed by atoms with van der Waals surface area (Å²) >= 11 is 0. The minimum Gasteiger partial charge on any atom is -0.384 e. The first-order valence-corrected chi connectivity index (χ1v) is 6.74. The van der Waals surface area contributed by atoms with Crippen molar-refractivity contribution in [2.24, 2.45) is 0 Å². The van der Waals surface area contributed by atoms with Crippen LogP contribution in [-0.2, 0) is 17.7 Å². The number of ether oxygens (including phenoxy) is 1. The van der Waals surface area contributed by atoms with Crippen LogP contribution in [0, 0.1) is 0 Å². The van der Waals surface area contributed by atoms with Crippen LogP contribution in [0.25, 0.3) is 0 Å². The molecule has 0 fully saturated rings. The van der Waals surface area contributed by atoms with Gasteiger partial charge in [-0.15, -0.1) is 0 Å². The molecule has 0 bridgehead atoms. The van der Waals surface area contributed by atoms with Gasteiger partial charge in [0.1, 0.15) is 5.69 Å². The van der Waals surface area contributed by atoms with Gasteiger partial charge in [-0.2, -0.15) is 10.1 Å². The fourth-order valence-corrected chi connectivity index (χ4v) is 1.65. The zero-order valence-electron chi connectivity index (χ0n) is 12.4. The van der Waals surface area contributed by atoms with Gasteiger partial charge < -0.3 is 14.6 Å². The summed E-state index contributed by atoms with van der Waals surface area (Å²) in [7, 11) is 1.61. The van der Waals surface area contributed by atoms with Crippen LogP contribution in [0.4, 0.5) is 0 Å². The number of carbonyl (C=O) groups is 1. The van der Waals surface area contributed by atoms with Crippen molar-refractivity contribution in [2.75, 3.05) is 13.7 Å². The van der Waals surface area contributed by atoms with Crippen molar-refractivity contribution < 1.29 is 14.1 Å². The van der Waals surface area contributed by atoms with Gasteiger partial charge in [-0.25, -0.2) is 0 Å². The number of rotatable bonds is 7. The lowest BCUT2D eigenvalue weighted by molar-refractivity contribution is 0.0940. The summed E-state index contributed by atoms with van der Waals surface area (Å²) in [4.78, 5) is 16.1. The monoisotopic (exact) mass is 293 g/mol. The maximum atomic E-state index is 11.9. The van der Waals surface area contributed by atoms with Gasteiger partial charge >= 0.3 is 0 Å². The second-order valence-corrected chi connectivity index (χ2v) is 4.80. The van der Waals surface area contributed by atoms with Gasteiger partial charge in [0, 0.05) is 25.8 Å². The Labute approximate surface area is 122 Å². The van der Waals surface area contributed by atoms with E-state index in [1.807, 2.05) is 13.8 Å². The van der Waals surface area contributed by atoms with E-state index in [2.05, 4.69) is 20.6 Å². The van der Waals surface area contributed by atoms with Crippen LogP contribution < -0.4 is 5.32 Å². The molecule has 21 heavy (non-hydrogen) atoms. The minimum absolute atomic E-state index is 0.174. The third-order valence-corrected chi connectivity index (χ3v) is 2.81. The zero-order chi connectivity index (χ0) is 15.2. The van der Waals surface area contributed by atoms with Crippen molar-refractivity contribution in [2.45, 2.75) is 32.9 Å². The Morgan fingerprint density at radius 1 is 1.52 bits per heavy atom. The summed E-state index contributed by atoms with van der Waals surface area (Å²) in [6, 6.07) is 1.89. The molecule has 1 amide bonds. The molecule has 0 aromatic carbocycles. The highest BCUT2D eigenvalue weighted by Crippen LogP contribution is 2.04. The van der Waals surface area contributed by atoms with Crippen molar-refractivity contribution in [3.05, 3.63) is 29.7 Å². The molecule has 1 N–H and O–H groups in total. The highest BCUT2D eigenvalue weighted by atomic mass is 16.5. The molecule has 2 rings (SSSR count). The third kappa shape index (κ3) is 4.12. The number of aromatic nitrogens is 4. The van der Waals surface area contributed by atoms with Gasteiger partial charge in [0.05, 0.1) is 13.2 Å². The molecule has 8 nitrogen and oxygen atoms in total. The number of methoxy groups -OCH3 is 1. The largest absolute Gasteiger partial charge is 0.384 e. The molecule has 2 heterocycles. The summed E-state index contributed by atoms with van der Waals surface area (Å²) in [6.07, 6.45) is 2.35. The predicted octanol–water partition coefficient (Wildman–Crippen LogP) is 0.966. The van der Waals surface area contributed by atoms with Crippen LogP contribution in [0.3, 0.4) is 0 Å². The van der Waals surface area contributed by atoms with Crippen molar-refractivity contribution in [3.63, 3.8) is 0 Å². The molecular weight excluding hydrogens is 274 g/mol. The van der Waals surface area contributed by atoms with Crippen molar-refractivity contribution >= 4 is 5.91 Å². The highest BCUT2D eigenvalue weighted by Gasteiger charge is 2.12. The third-order valence-electron chi connectivity index (χ3n) is 2.81. The number of amides is 1. The lowest BCUT2D eigenvalue weighted by Gasteiger charge is -2.03. The fraction of sp³-hybridized carbons (Fsp3) is 0.538. The smallest absolute Gasteiger partial charge is 0.272 e. The van der Waals surface area contributed by atoms with Gasteiger partial charge in [0.15, 0.2) is 5.82 Å². The van der Waals surface area contributed by atoms with Gasteiger partial charge in [0.2, 0.25) is 5.89 Å². The van der Waals surface area contributed by atoms with Crippen LogP contribution in [0.15, 0.2) is 16.8 Å². The van der Waals surface area contributed by atoms with E-state index in [0.717, 1.165) is 0 Å². The van der Waals surface area contributed by atoms with Gasteiger partial charge in [-0.1, -0.05) is 5.16 Å². The first-order chi connectivity index (χ1) is 10.1. The Hall–Kier alpha value is -2.22. The first kappa shape index (κ1) is 15.2. The van der Waals surface area contributed by atoms with E-state index < -0.39 is 0 Å². The van der Waals surface area contributed by atoms with E-state index in [0.29, 0.717) is 30.4 Å². The Balaban J connectivity index is 1.86. The molecule has 0 aliphatic heterocycles. The topological polar surface area (TPSA) is 95.1 Å². The Morgan fingerprint density at radius 3 is 3.00 bits per heavy atom. The SMILES string of the molecule is COCCc1noc(CNC(=O)c2ccn(C(C)C)n2)n1. The van der Waals surface area contributed by atoms with E-state index in [1.54, 1.807) is 24.1 Å². The molecule has 2 aromatic heterocycles. The molecule has 0 aliphatic rings. The molecule has 114 valence electrons. The second kappa shape index (κ2) is 6.98. The molecule has 8 heteroatoms. The molecule has 0 unspecified atom stereocenters. The molecule has 0 aliphatic carbocycles. The van der Waals surface area contributed by atoms with Crippen molar-refractivity contribution in [1.82, 2.24) is 25.2 Å². The van der Waals surface area contributed by atoms with Gasteiger partial charge in [0.25, 0.3) is 5.91 Å². The van der Waals surface area contributed by atoms with Crippen LogP contribution in [0.5, 0.6) is 0 Å². The van der Waals surface area contributed by atoms with Crippen LogP contribution in [0.1, 0.15) is 42.1 Å². The molecule has 0 saturated heterocycles. The van der Waals surface area contributed by atoms with Crippen LogP contribution in [-0.4, -0.2) is 39.5 Å². The molecular formula is C13H19N5O3. The highest BCUT2D eigenvalue weighted by molar-refractivity contribution is 5.91. The van der Waals surface area contributed by atoms with Crippen LogP contribution in [0.2, 0.25) is 0 Å². The summed E-state index contributed by atoms with van der Waals surface area (Å²) in [5.41, 5.74) is 0.364. The Kier molecular flexibility index (Phi) is 5.04. The van der Waals surface area contributed by atoms with Gasteiger partial charge in [-0.3, -0.25) is 9.48 Å². The summed E-state index contributed by atoms with van der Waals surface area (Å²) in [5.74, 6) is 0.647. The van der Waals surface area contributed by atoms with E-state index >= 15 is 0 Å². The van der Waals surface area contributed by atoms with E-state index in [4.69, 9.17) is 9.26 Å². The number of nitrogens with zero attached hydrogens (tertiary/aromatic N) is 4. The maximum absolute atomic E-state index is 11.9. The van der Waals surface area contributed by atoms with E-state index in [9.17, 15) is 4.79 Å². The van der Waals surface area contributed by atoms with Crippen LogP contribution >= 0.6 is 0 Å². The van der Waals surface area contributed by atoms with Crippen molar-refractivity contribution in [1.29, 1.82) is 0 Å². The average Bonchev–Trinajstić information content (AvgIpc) is 3.11. The minimum atomic E-state index is -0.272. The number of carbonyl (C=O) groups excluding carboxylic acids is 1. The first-order valence-electron chi connectivity index (χ1n) is 6.74. The second-order valence-electron chi connectivity index (χ2n) is 4.80. The molecule has 0 radical (unpaired) electrons. The lowest BCUT2D eigenvalue weighted by Crippen LogP contribution is -2.23. The number of hydrogen-bond donors (Lipinski definition) is 1. The quantitative estimate of drug-likeness (QED) is 0.817. The fourth-order valence-electron chi connectivity index (χ4n) is 1.65. The van der Waals surface area contributed by atoms with E-state index in [-0.39, 0.29) is 18.5 Å². The summed E-state index contributed by atoms with van der Waals surface area (Å²) in [6.45, 7) is 4.69. The normalized spacial score (nSPS) is 11.0. The van der Waals surface area contributed by atoms with Gasteiger partial charge in [-0.05, 0) is 19.9 Å². The van der Waals surface area contributed by atoms with E-state index in [1.165, 1.54) is 0 Å².